The van der Waals surface area contributed by atoms with Crippen molar-refractivity contribution in [3.8, 4) is 11.5 Å². The predicted octanol–water partition coefficient (Wildman–Crippen LogP) is 8.25. The molecule has 0 radical (unpaired) electrons. The number of hydrogen-bond acceptors (Lipinski definition) is 2. The Labute approximate surface area is 182 Å². The normalized spacial score (nSPS) is 22.1. The Balaban J connectivity index is 1.34. The first-order valence-corrected chi connectivity index (χ1v) is 12.6. The second kappa shape index (κ2) is 9.20. The van der Waals surface area contributed by atoms with Crippen LogP contribution in [0.4, 0.5) is 0 Å². The van der Waals surface area contributed by atoms with Crippen LogP contribution in [0, 0.1) is 0 Å². The molecule has 0 aliphatic heterocycles. The summed E-state index contributed by atoms with van der Waals surface area (Å²) in [4.78, 5) is 0. The maximum atomic E-state index is 11.1. The molecule has 2 heteroatoms. The van der Waals surface area contributed by atoms with Crippen molar-refractivity contribution in [2.75, 3.05) is 0 Å². The van der Waals surface area contributed by atoms with Gasteiger partial charge in [-0.25, -0.2) is 0 Å². The van der Waals surface area contributed by atoms with Gasteiger partial charge in [0.25, 0.3) is 0 Å². The predicted molar refractivity (Wildman–Crippen MR) is 127 cm³/mol. The van der Waals surface area contributed by atoms with Gasteiger partial charge in [0.1, 0.15) is 11.5 Å². The van der Waals surface area contributed by atoms with Crippen LogP contribution in [0.5, 0.6) is 11.5 Å². The molecule has 2 aliphatic rings. The minimum absolute atomic E-state index is 0.0461. The summed E-state index contributed by atoms with van der Waals surface area (Å²) in [7, 11) is 0. The molecule has 0 aromatic heterocycles. The van der Waals surface area contributed by atoms with E-state index >= 15 is 0 Å². The molecule has 2 unspecified atom stereocenters. The van der Waals surface area contributed by atoms with E-state index in [9.17, 15) is 10.2 Å². The van der Waals surface area contributed by atoms with Gasteiger partial charge in [0.2, 0.25) is 0 Å². The van der Waals surface area contributed by atoms with Gasteiger partial charge in [-0.3, -0.25) is 0 Å². The molecule has 2 aromatic carbocycles. The van der Waals surface area contributed by atoms with Gasteiger partial charge in [-0.05, 0) is 55.1 Å². The van der Waals surface area contributed by atoms with Gasteiger partial charge in [0.15, 0.2) is 0 Å². The highest BCUT2D eigenvalue weighted by atomic mass is 16.3. The van der Waals surface area contributed by atoms with E-state index in [0.717, 1.165) is 47.6 Å². The van der Waals surface area contributed by atoms with Crippen LogP contribution < -0.4 is 0 Å². The van der Waals surface area contributed by atoms with E-state index in [-0.39, 0.29) is 5.41 Å². The molecule has 2 aliphatic carbocycles. The number of phenols is 2. The average Bonchev–Trinajstić information content (AvgIpc) is 3.27. The molecule has 0 spiro atoms. The summed E-state index contributed by atoms with van der Waals surface area (Å²) >= 11 is 0. The van der Waals surface area contributed by atoms with Gasteiger partial charge in [0.05, 0.1) is 0 Å². The van der Waals surface area contributed by atoms with Crippen molar-refractivity contribution >= 4 is 10.8 Å². The molecular formula is C28H40O2. The summed E-state index contributed by atoms with van der Waals surface area (Å²) in [5.74, 6) is 1.29. The van der Waals surface area contributed by atoms with Crippen LogP contribution in [0.15, 0.2) is 18.2 Å². The zero-order valence-electron chi connectivity index (χ0n) is 19.1. The third-order valence-corrected chi connectivity index (χ3v) is 7.93. The largest absolute Gasteiger partial charge is 0.507 e. The summed E-state index contributed by atoms with van der Waals surface area (Å²) in [6.45, 7) is 4.53. The van der Waals surface area contributed by atoms with Crippen molar-refractivity contribution in [2.45, 2.75) is 115 Å². The quantitative estimate of drug-likeness (QED) is 0.290. The van der Waals surface area contributed by atoms with Gasteiger partial charge in [-0.1, -0.05) is 83.8 Å². The van der Waals surface area contributed by atoms with Crippen LogP contribution in [0.1, 0.15) is 120 Å². The second-order valence-corrected chi connectivity index (χ2v) is 10.3. The maximum Gasteiger partial charge on any atom is 0.127 e. The summed E-state index contributed by atoms with van der Waals surface area (Å²) in [6.07, 6.45) is 17.9. The smallest absolute Gasteiger partial charge is 0.127 e. The number of aromatic hydroxyl groups is 2. The molecule has 0 heterocycles. The minimum atomic E-state index is 0.0461. The minimum Gasteiger partial charge on any atom is -0.507 e. The maximum absolute atomic E-state index is 11.1. The summed E-state index contributed by atoms with van der Waals surface area (Å²) in [6, 6.07) is 6.32. The lowest BCUT2D eigenvalue weighted by molar-refractivity contribution is 0.427. The van der Waals surface area contributed by atoms with Crippen molar-refractivity contribution in [1.82, 2.24) is 0 Å². The van der Waals surface area contributed by atoms with Crippen LogP contribution >= 0.6 is 0 Å². The lowest BCUT2D eigenvalue weighted by Gasteiger charge is -2.27. The van der Waals surface area contributed by atoms with E-state index in [4.69, 9.17) is 0 Å². The fourth-order valence-corrected chi connectivity index (χ4v) is 6.21. The number of hydrogen-bond donors (Lipinski definition) is 2. The van der Waals surface area contributed by atoms with Crippen molar-refractivity contribution in [2.24, 2.45) is 0 Å². The number of benzene rings is 2. The van der Waals surface area contributed by atoms with E-state index in [1.165, 1.54) is 69.8 Å². The van der Waals surface area contributed by atoms with E-state index in [0.29, 0.717) is 17.4 Å². The first kappa shape index (κ1) is 21.5. The molecule has 0 saturated heterocycles. The Morgan fingerprint density at radius 1 is 0.867 bits per heavy atom. The van der Waals surface area contributed by atoms with Crippen molar-refractivity contribution in [3.63, 3.8) is 0 Å². The Kier molecular flexibility index (Phi) is 6.60. The van der Waals surface area contributed by atoms with Crippen LogP contribution in [0.3, 0.4) is 0 Å². The average molecular weight is 409 g/mol. The van der Waals surface area contributed by atoms with Gasteiger partial charge in [0, 0.05) is 21.9 Å². The number of fused-ring (bicyclic) bond motifs is 6. The third-order valence-electron chi connectivity index (χ3n) is 7.93. The SMILES string of the molecule is CCCCCCCCCCCCc1ccc2c(O)c3c(c(O)c2c1)C1CCC3(C)C1. The highest BCUT2D eigenvalue weighted by molar-refractivity contribution is 5.97. The number of aryl methyl sites for hydroxylation is 1. The van der Waals surface area contributed by atoms with Crippen molar-refractivity contribution in [1.29, 1.82) is 0 Å². The Morgan fingerprint density at radius 2 is 1.53 bits per heavy atom. The standard InChI is InChI=1S/C28H40O2/c1-3-4-5-6-7-8-9-10-11-12-13-20-14-15-22-23(18-20)26(29)24-21-16-17-28(2,19-21)25(24)27(22)30/h14-15,18,21,29-30H,3-13,16-17,19H2,1-2H3. The molecule has 1 fully saturated rings. The fraction of sp³-hybridized carbons (Fsp3) is 0.643. The summed E-state index contributed by atoms with van der Waals surface area (Å²) < 4.78 is 0. The van der Waals surface area contributed by atoms with Gasteiger partial charge >= 0.3 is 0 Å². The first-order valence-electron chi connectivity index (χ1n) is 12.6. The zero-order valence-corrected chi connectivity index (χ0v) is 19.1. The van der Waals surface area contributed by atoms with Crippen LogP contribution in [0.2, 0.25) is 0 Å². The van der Waals surface area contributed by atoms with Crippen LogP contribution in [-0.2, 0) is 11.8 Å². The lowest BCUT2D eigenvalue weighted by atomic mass is 9.78. The number of phenolic OH excluding ortho intramolecular Hbond substituents is 2. The molecule has 2 aromatic rings. The van der Waals surface area contributed by atoms with E-state index in [1.54, 1.807) is 0 Å². The van der Waals surface area contributed by atoms with Gasteiger partial charge in [-0.2, -0.15) is 0 Å². The van der Waals surface area contributed by atoms with E-state index < -0.39 is 0 Å². The van der Waals surface area contributed by atoms with Gasteiger partial charge < -0.3 is 10.2 Å². The molecule has 2 nitrogen and oxygen atoms in total. The van der Waals surface area contributed by atoms with Crippen molar-refractivity contribution in [3.05, 3.63) is 34.9 Å². The van der Waals surface area contributed by atoms with E-state index in [1.807, 2.05) is 6.07 Å². The van der Waals surface area contributed by atoms with Crippen LogP contribution in [0.25, 0.3) is 10.8 Å². The highest BCUT2D eigenvalue weighted by Crippen LogP contribution is 2.63. The molecule has 2 N–H and O–H groups in total. The topological polar surface area (TPSA) is 40.5 Å². The molecule has 1 saturated carbocycles. The molecule has 2 bridgehead atoms. The summed E-state index contributed by atoms with van der Waals surface area (Å²) in [5, 5.41) is 23.8. The second-order valence-electron chi connectivity index (χ2n) is 10.3. The molecule has 2 atom stereocenters. The molecule has 0 amide bonds. The number of rotatable bonds is 11. The lowest BCUT2D eigenvalue weighted by Crippen LogP contribution is -2.16. The molecule has 4 rings (SSSR count). The monoisotopic (exact) mass is 408 g/mol. The Bertz CT molecular complexity index is 884. The fourth-order valence-electron chi connectivity index (χ4n) is 6.21. The van der Waals surface area contributed by atoms with Crippen molar-refractivity contribution < 1.29 is 10.2 Å². The highest BCUT2D eigenvalue weighted by Gasteiger charge is 2.49. The van der Waals surface area contributed by atoms with Crippen LogP contribution in [-0.4, -0.2) is 10.2 Å². The molecule has 164 valence electrons. The zero-order chi connectivity index (χ0) is 21.1. The Hall–Kier alpha value is -1.70. The molecule has 30 heavy (non-hydrogen) atoms. The van der Waals surface area contributed by atoms with Gasteiger partial charge in [-0.15, -0.1) is 0 Å². The van der Waals surface area contributed by atoms with E-state index in [2.05, 4.69) is 26.0 Å². The Morgan fingerprint density at radius 3 is 2.23 bits per heavy atom. The third kappa shape index (κ3) is 4.07. The summed E-state index contributed by atoms with van der Waals surface area (Å²) in [5.41, 5.74) is 3.41. The number of unbranched alkanes of at least 4 members (excludes halogenated alkanes) is 9. The first-order chi connectivity index (χ1) is 14.5. The molecular weight excluding hydrogens is 368 g/mol.